The molecule has 2 nitrogen and oxygen atoms in total. The highest BCUT2D eigenvalue weighted by molar-refractivity contribution is 6.31. The van der Waals surface area contributed by atoms with Gasteiger partial charge in [-0.25, -0.2) is 0 Å². The summed E-state index contributed by atoms with van der Waals surface area (Å²) in [5, 5.41) is 0.726. The van der Waals surface area contributed by atoms with Gasteiger partial charge in [0.1, 0.15) is 12.4 Å². The van der Waals surface area contributed by atoms with Crippen LogP contribution in [-0.4, -0.2) is 0 Å². The molecule has 0 aliphatic carbocycles. The molecule has 0 amide bonds. The van der Waals surface area contributed by atoms with Gasteiger partial charge in [0.05, 0.1) is 12.5 Å². The fourth-order valence-electron chi connectivity index (χ4n) is 1.79. The maximum absolute atomic E-state index is 6.05. The highest BCUT2D eigenvalue weighted by Gasteiger charge is 2.19. The van der Waals surface area contributed by atoms with Gasteiger partial charge in [-0.3, -0.25) is 0 Å². The van der Waals surface area contributed by atoms with Crippen LogP contribution in [0.2, 0.25) is 5.02 Å². The maximum atomic E-state index is 6.05. The predicted octanol–water partition coefficient (Wildman–Crippen LogP) is 3.70. The van der Waals surface area contributed by atoms with Crippen molar-refractivity contribution >= 4 is 11.6 Å². The minimum Gasteiger partial charge on any atom is -0.485 e. The topological polar surface area (TPSA) is 22.4 Å². The second kappa shape index (κ2) is 3.31. The molecular weight excluding hydrogens is 212 g/mol. The summed E-state index contributed by atoms with van der Waals surface area (Å²) in [5.74, 6) is 0.890. The fraction of sp³-hybridized carbons (Fsp3) is 0.0833. The van der Waals surface area contributed by atoms with Crippen LogP contribution >= 0.6 is 11.6 Å². The van der Waals surface area contributed by atoms with Crippen molar-refractivity contribution in [1.29, 1.82) is 0 Å². The molecule has 2 heterocycles. The van der Waals surface area contributed by atoms with Crippen molar-refractivity contribution in [1.82, 2.24) is 0 Å². The zero-order valence-corrected chi connectivity index (χ0v) is 8.62. The average molecular weight is 220 g/mol. The Bertz CT molecular complexity index is 489. The molecule has 0 fully saturated rings. The number of benzene rings is 1. The summed E-state index contributed by atoms with van der Waals surface area (Å²) in [4.78, 5) is 0. The first-order valence-electron chi connectivity index (χ1n) is 4.68. The van der Waals surface area contributed by atoms with Crippen molar-refractivity contribution in [2.45, 2.75) is 6.42 Å². The smallest absolute Gasteiger partial charge is 0.140 e. The first-order chi connectivity index (χ1) is 7.34. The monoisotopic (exact) mass is 219 g/mol. The lowest BCUT2D eigenvalue weighted by Gasteiger charge is -2.06. The van der Waals surface area contributed by atoms with Gasteiger partial charge in [-0.2, -0.15) is 0 Å². The van der Waals surface area contributed by atoms with Gasteiger partial charge in [-0.15, -0.1) is 0 Å². The standard InChI is InChI=1S/C12H8ClO2/c13-10-5-8-2-4-15-12(8)11(6-10)9-1-3-14-7-9/h1,3-7H,2H2. The van der Waals surface area contributed by atoms with E-state index >= 15 is 0 Å². The fourth-order valence-corrected chi connectivity index (χ4v) is 2.03. The van der Waals surface area contributed by atoms with Gasteiger partial charge in [-0.1, -0.05) is 11.6 Å². The van der Waals surface area contributed by atoms with Crippen LogP contribution in [0.25, 0.3) is 11.1 Å². The molecule has 0 saturated heterocycles. The molecule has 3 rings (SSSR count). The molecule has 0 unspecified atom stereocenters. The van der Waals surface area contributed by atoms with E-state index in [0.29, 0.717) is 0 Å². The second-order valence-corrected chi connectivity index (χ2v) is 3.88. The van der Waals surface area contributed by atoms with E-state index in [2.05, 4.69) is 0 Å². The Hall–Kier alpha value is -1.41. The molecule has 1 aromatic heterocycles. The Morgan fingerprint density at radius 1 is 1.27 bits per heavy atom. The molecule has 0 N–H and O–H groups in total. The van der Waals surface area contributed by atoms with Crippen molar-refractivity contribution in [2.75, 3.05) is 0 Å². The van der Waals surface area contributed by atoms with Crippen molar-refractivity contribution in [2.24, 2.45) is 0 Å². The van der Waals surface area contributed by atoms with Crippen molar-refractivity contribution < 1.29 is 9.15 Å². The van der Waals surface area contributed by atoms with Crippen LogP contribution in [0.15, 0.2) is 35.1 Å². The van der Waals surface area contributed by atoms with Gasteiger partial charge >= 0.3 is 0 Å². The first kappa shape index (κ1) is 8.86. The molecule has 0 spiro atoms. The maximum Gasteiger partial charge on any atom is 0.140 e. The summed E-state index contributed by atoms with van der Waals surface area (Å²) in [5.41, 5.74) is 3.10. The molecule has 15 heavy (non-hydrogen) atoms. The molecule has 75 valence electrons. The normalized spacial score (nSPS) is 13.7. The molecule has 0 saturated carbocycles. The molecule has 1 radical (unpaired) electrons. The predicted molar refractivity (Wildman–Crippen MR) is 57.8 cm³/mol. The molecule has 2 aromatic rings. The minimum absolute atomic E-state index is 0.726. The SMILES string of the molecule is Clc1cc2c(c(-c3ccoc3)c1)O[CH]C2. The number of fused-ring (bicyclic) bond motifs is 1. The lowest BCUT2D eigenvalue weighted by molar-refractivity contribution is 0.436. The number of hydrogen-bond acceptors (Lipinski definition) is 2. The van der Waals surface area contributed by atoms with Gasteiger partial charge < -0.3 is 9.15 Å². The summed E-state index contributed by atoms with van der Waals surface area (Å²) < 4.78 is 10.5. The van der Waals surface area contributed by atoms with Gasteiger partial charge in [0, 0.05) is 28.1 Å². The van der Waals surface area contributed by atoms with E-state index in [1.165, 1.54) is 0 Å². The zero-order valence-electron chi connectivity index (χ0n) is 7.87. The van der Waals surface area contributed by atoms with E-state index in [4.69, 9.17) is 20.8 Å². The molecule has 0 bridgehead atoms. The lowest BCUT2D eigenvalue weighted by Crippen LogP contribution is -1.84. The largest absolute Gasteiger partial charge is 0.485 e. The van der Waals surface area contributed by atoms with Crippen molar-refractivity contribution in [3.8, 4) is 16.9 Å². The van der Waals surface area contributed by atoms with Crippen molar-refractivity contribution in [3.05, 3.63) is 47.9 Å². The van der Waals surface area contributed by atoms with Gasteiger partial charge in [0.2, 0.25) is 0 Å². The van der Waals surface area contributed by atoms with Crippen LogP contribution in [-0.2, 0) is 6.42 Å². The lowest BCUT2D eigenvalue weighted by atomic mass is 10.0. The van der Waals surface area contributed by atoms with Crippen LogP contribution in [0, 0.1) is 6.61 Å². The number of rotatable bonds is 1. The van der Waals surface area contributed by atoms with E-state index < -0.39 is 0 Å². The molecule has 3 heteroatoms. The van der Waals surface area contributed by atoms with E-state index in [9.17, 15) is 0 Å². The highest BCUT2D eigenvalue weighted by atomic mass is 35.5. The van der Waals surface area contributed by atoms with E-state index in [1.54, 1.807) is 19.1 Å². The van der Waals surface area contributed by atoms with Crippen LogP contribution < -0.4 is 4.74 Å². The van der Waals surface area contributed by atoms with Crippen molar-refractivity contribution in [3.63, 3.8) is 0 Å². The third-order valence-electron chi connectivity index (χ3n) is 2.47. The minimum atomic E-state index is 0.726. The molecule has 0 atom stereocenters. The summed E-state index contributed by atoms with van der Waals surface area (Å²) in [6.07, 6.45) is 4.13. The van der Waals surface area contributed by atoms with Gasteiger partial charge in [0.15, 0.2) is 0 Å². The molecule has 1 aliphatic heterocycles. The van der Waals surface area contributed by atoms with Crippen LogP contribution in [0.1, 0.15) is 5.56 Å². The van der Waals surface area contributed by atoms with Crippen LogP contribution in [0.4, 0.5) is 0 Å². The Morgan fingerprint density at radius 2 is 2.20 bits per heavy atom. The summed E-state index contributed by atoms with van der Waals surface area (Å²) in [7, 11) is 0. The molecular formula is C12H8ClO2. The molecule has 1 aromatic carbocycles. The number of ether oxygens (including phenoxy) is 1. The summed E-state index contributed by atoms with van der Waals surface area (Å²) in [6.45, 7) is 1.78. The second-order valence-electron chi connectivity index (χ2n) is 3.44. The number of furan rings is 1. The number of halogens is 1. The highest BCUT2D eigenvalue weighted by Crippen LogP contribution is 2.40. The Balaban J connectivity index is 2.23. The van der Waals surface area contributed by atoms with E-state index in [-0.39, 0.29) is 0 Å². The zero-order chi connectivity index (χ0) is 10.3. The Morgan fingerprint density at radius 3 is 3.00 bits per heavy atom. The van der Waals surface area contributed by atoms with Gasteiger partial charge in [-0.05, 0) is 18.2 Å². The van der Waals surface area contributed by atoms with E-state index in [1.807, 2.05) is 18.2 Å². The van der Waals surface area contributed by atoms with Gasteiger partial charge in [0.25, 0.3) is 0 Å². The average Bonchev–Trinajstić information content (AvgIpc) is 2.86. The van der Waals surface area contributed by atoms with Crippen LogP contribution in [0.5, 0.6) is 5.75 Å². The summed E-state index contributed by atoms with van der Waals surface area (Å²) in [6, 6.07) is 5.72. The third kappa shape index (κ3) is 1.41. The first-order valence-corrected chi connectivity index (χ1v) is 5.06. The molecule has 1 aliphatic rings. The van der Waals surface area contributed by atoms with E-state index in [0.717, 1.165) is 33.9 Å². The quantitative estimate of drug-likeness (QED) is 0.730. The third-order valence-corrected chi connectivity index (χ3v) is 2.69. The Labute approximate surface area is 92.4 Å². The number of hydrogen-bond donors (Lipinski definition) is 0. The summed E-state index contributed by atoms with van der Waals surface area (Å²) >= 11 is 6.05. The van der Waals surface area contributed by atoms with Crippen LogP contribution in [0.3, 0.4) is 0 Å². The Kier molecular flexibility index (Phi) is 1.96.